The molecule has 2 aromatic carbocycles. The molecule has 0 unspecified atom stereocenters. The maximum Gasteiger partial charge on any atom is 0.119 e. The summed E-state index contributed by atoms with van der Waals surface area (Å²) < 4.78 is 12.0. The summed E-state index contributed by atoms with van der Waals surface area (Å²) in [4.78, 5) is 0. The van der Waals surface area contributed by atoms with Crippen molar-refractivity contribution in [3.63, 3.8) is 0 Å². The van der Waals surface area contributed by atoms with Gasteiger partial charge in [-0.2, -0.15) is 0 Å². The lowest BCUT2D eigenvalue weighted by Gasteiger charge is -2.32. The summed E-state index contributed by atoms with van der Waals surface area (Å²) in [5.41, 5.74) is 3.06. The summed E-state index contributed by atoms with van der Waals surface area (Å²) in [7, 11) is 0. The van der Waals surface area contributed by atoms with Crippen molar-refractivity contribution in [3.05, 3.63) is 59.7 Å². The van der Waals surface area contributed by atoms with Crippen molar-refractivity contribution in [3.8, 4) is 11.5 Å². The highest BCUT2D eigenvalue weighted by atomic mass is 16.5. The molecule has 42 heavy (non-hydrogen) atoms. The van der Waals surface area contributed by atoms with E-state index in [0.717, 1.165) is 48.4 Å². The lowest BCUT2D eigenvalue weighted by atomic mass is 9.73. The van der Waals surface area contributed by atoms with Gasteiger partial charge in [-0.15, -0.1) is 0 Å². The van der Waals surface area contributed by atoms with E-state index < -0.39 is 0 Å². The Kier molecular flexibility index (Phi) is 15.2. The van der Waals surface area contributed by atoms with Crippen molar-refractivity contribution in [2.24, 2.45) is 11.8 Å². The Morgan fingerprint density at radius 2 is 0.810 bits per heavy atom. The molecular weight excluding hydrogens is 512 g/mol. The molecule has 2 saturated carbocycles. The van der Waals surface area contributed by atoms with Gasteiger partial charge in [-0.1, -0.05) is 102 Å². The van der Waals surface area contributed by atoms with Crippen LogP contribution in [0.1, 0.15) is 165 Å². The molecule has 0 N–H and O–H groups in total. The number of rotatable bonds is 19. The van der Waals surface area contributed by atoms with Crippen LogP contribution >= 0.6 is 0 Å². The molecule has 0 saturated heterocycles. The van der Waals surface area contributed by atoms with Crippen molar-refractivity contribution >= 4 is 0 Å². The SMILES string of the molecule is CCCCCCCOc1ccc(C2CCC(CCC3CCC(c4ccc(OCCCCCCC)cc4)CC3)CC2)cc1. The van der Waals surface area contributed by atoms with E-state index in [9.17, 15) is 0 Å². The second-order valence-corrected chi connectivity index (χ2v) is 13.7. The van der Waals surface area contributed by atoms with E-state index in [-0.39, 0.29) is 0 Å². The van der Waals surface area contributed by atoms with Gasteiger partial charge in [0.25, 0.3) is 0 Å². The molecule has 0 atom stereocenters. The summed E-state index contributed by atoms with van der Waals surface area (Å²) >= 11 is 0. The lowest BCUT2D eigenvalue weighted by Crippen LogP contribution is -2.17. The van der Waals surface area contributed by atoms with Gasteiger partial charge in [-0.05, 0) is 123 Å². The second-order valence-electron chi connectivity index (χ2n) is 13.7. The molecule has 0 aromatic heterocycles. The summed E-state index contributed by atoms with van der Waals surface area (Å²) in [6, 6.07) is 18.2. The number of hydrogen-bond acceptors (Lipinski definition) is 2. The van der Waals surface area contributed by atoms with Crippen LogP contribution in [0.4, 0.5) is 0 Å². The van der Waals surface area contributed by atoms with Crippen LogP contribution in [0.15, 0.2) is 48.5 Å². The summed E-state index contributed by atoms with van der Waals surface area (Å²) in [5.74, 6) is 5.51. The molecule has 0 heterocycles. The van der Waals surface area contributed by atoms with Crippen LogP contribution in [-0.4, -0.2) is 13.2 Å². The van der Waals surface area contributed by atoms with E-state index in [2.05, 4.69) is 62.4 Å². The van der Waals surface area contributed by atoms with Crippen LogP contribution in [-0.2, 0) is 0 Å². The van der Waals surface area contributed by atoms with Crippen LogP contribution in [0.25, 0.3) is 0 Å². The first kappa shape index (κ1) is 32.9. The fourth-order valence-electron chi connectivity index (χ4n) is 7.50. The number of ether oxygens (including phenoxy) is 2. The maximum absolute atomic E-state index is 5.99. The van der Waals surface area contributed by atoms with Crippen molar-refractivity contribution in [2.45, 2.75) is 154 Å². The molecule has 234 valence electrons. The van der Waals surface area contributed by atoms with Gasteiger partial charge in [-0.3, -0.25) is 0 Å². The van der Waals surface area contributed by atoms with Crippen molar-refractivity contribution in [1.29, 1.82) is 0 Å². The van der Waals surface area contributed by atoms with Gasteiger partial charge < -0.3 is 9.47 Å². The van der Waals surface area contributed by atoms with Gasteiger partial charge in [0.15, 0.2) is 0 Å². The highest BCUT2D eigenvalue weighted by Crippen LogP contribution is 2.42. The van der Waals surface area contributed by atoms with E-state index in [1.807, 2.05) is 0 Å². The normalized spacial score (nSPS) is 22.6. The number of hydrogen-bond donors (Lipinski definition) is 0. The van der Waals surface area contributed by atoms with E-state index >= 15 is 0 Å². The van der Waals surface area contributed by atoms with E-state index in [0.29, 0.717) is 0 Å². The quantitative estimate of drug-likeness (QED) is 0.155. The maximum atomic E-state index is 5.99. The molecule has 2 aliphatic carbocycles. The van der Waals surface area contributed by atoms with Gasteiger partial charge in [0.2, 0.25) is 0 Å². The molecule has 2 fully saturated rings. The van der Waals surface area contributed by atoms with Crippen LogP contribution in [0, 0.1) is 11.8 Å². The van der Waals surface area contributed by atoms with E-state index in [1.54, 1.807) is 0 Å². The second kappa shape index (κ2) is 19.3. The van der Waals surface area contributed by atoms with E-state index in [4.69, 9.17) is 9.47 Å². The third-order valence-electron chi connectivity index (χ3n) is 10.4. The first-order valence-electron chi connectivity index (χ1n) is 18.2. The smallest absolute Gasteiger partial charge is 0.119 e. The Morgan fingerprint density at radius 1 is 0.452 bits per heavy atom. The predicted octanol–water partition coefficient (Wildman–Crippen LogP) is 12.4. The monoisotopic (exact) mass is 574 g/mol. The van der Waals surface area contributed by atoms with Crippen molar-refractivity contribution in [1.82, 2.24) is 0 Å². The minimum Gasteiger partial charge on any atom is -0.494 e. The van der Waals surface area contributed by atoms with Crippen LogP contribution in [0.2, 0.25) is 0 Å². The minimum atomic E-state index is 0.752. The Bertz CT molecular complexity index is 853. The van der Waals surface area contributed by atoms with Gasteiger partial charge >= 0.3 is 0 Å². The predicted molar refractivity (Wildman–Crippen MR) is 180 cm³/mol. The average Bonchev–Trinajstić information content (AvgIpc) is 3.04. The standard InChI is InChI=1S/C40H62O2/c1-3-5-7-9-11-31-41-39-27-23-37(24-28-39)35-19-15-33(16-20-35)13-14-34-17-21-36(22-18-34)38-25-29-40(30-26-38)42-32-12-10-8-6-4-2/h23-30,33-36H,3-22,31-32H2,1-2H3. The summed E-state index contributed by atoms with van der Waals surface area (Å²) in [5, 5.41) is 0. The van der Waals surface area contributed by atoms with Gasteiger partial charge in [0, 0.05) is 0 Å². The van der Waals surface area contributed by atoms with E-state index in [1.165, 1.54) is 140 Å². The first-order valence-corrected chi connectivity index (χ1v) is 18.2. The highest BCUT2D eigenvalue weighted by Gasteiger charge is 2.26. The lowest BCUT2D eigenvalue weighted by molar-refractivity contribution is 0.252. The molecule has 0 amide bonds. The largest absolute Gasteiger partial charge is 0.494 e. The first-order chi connectivity index (χ1) is 20.7. The van der Waals surface area contributed by atoms with Crippen molar-refractivity contribution < 1.29 is 9.47 Å². The topological polar surface area (TPSA) is 18.5 Å². The zero-order valence-corrected chi connectivity index (χ0v) is 27.3. The van der Waals surface area contributed by atoms with Gasteiger partial charge in [0.05, 0.1) is 13.2 Å². The Labute approximate surface area is 259 Å². The van der Waals surface area contributed by atoms with Crippen molar-refractivity contribution in [2.75, 3.05) is 13.2 Å². The fraction of sp³-hybridized carbons (Fsp3) is 0.700. The number of unbranched alkanes of at least 4 members (excludes halogenated alkanes) is 8. The molecular formula is C40H62O2. The third-order valence-corrected chi connectivity index (χ3v) is 10.4. The van der Waals surface area contributed by atoms with Gasteiger partial charge in [0.1, 0.15) is 11.5 Å². The molecule has 0 spiro atoms. The molecule has 0 aliphatic heterocycles. The van der Waals surface area contributed by atoms with Gasteiger partial charge in [-0.25, -0.2) is 0 Å². The minimum absolute atomic E-state index is 0.752. The summed E-state index contributed by atoms with van der Waals surface area (Å²) in [6.07, 6.45) is 27.0. The van der Waals surface area contributed by atoms with Crippen LogP contribution < -0.4 is 9.47 Å². The zero-order chi connectivity index (χ0) is 29.2. The average molecular weight is 575 g/mol. The number of benzene rings is 2. The molecule has 4 rings (SSSR count). The Hall–Kier alpha value is -1.96. The molecule has 2 aromatic rings. The molecule has 2 heteroatoms. The summed E-state index contributed by atoms with van der Waals surface area (Å²) in [6.45, 7) is 6.25. The molecule has 0 bridgehead atoms. The Balaban J connectivity index is 1.06. The third kappa shape index (κ3) is 11.6. The molecule has 2 aliphatic rings. The fourth-order valence-corrected chi connectivity index (χ4v) is 7.50. The molecule has 0 radical (unpaired) electrons. The zero-order valence-electron chi connectivity index (χ0n) is 27.3. The van der Waals surface area contributed by atoms with Crippen LogP contribution in [0.3, 0.4) is 0 Å². The Morgan fingerprint density at radius 3 is 1.17 bits per heavy atom. The highest BCUT2D eigenvalue weighted by molar-refractivity contribution is 5.30. The van der Waals surface area contributed by atoms with Crippen LogP contribution in [0.5, 0.6) is 11.5 Å². The molecule has 2 nitrogen and oxygen atoms in total.